The quantitative estimate of drug-likeness (QED) is 0.254. The van der Waals surface area contributed by atoms with Crippen LogP contribution in [0, 0.1) is 10.1 Å². The molecular weight excluding hydrogens is 462 g/mol. The lowest BCUT2D eigenvalue weighted by atomic mass is 10.0. The lowest BCUT2D eigenvalue weighted by Crippen LogP contribution is -2.41. The van der Waals surface area contributed by atoms with E-state index in [1.54, 1.807) is 50.6 Å². The van der Waals surface area contributed by atoms with Crippen LogP contribution in [-0.2, 0) is 4.74 Å². The van der Waals surface area contributed by atoms with E-state index in [9.17, 15) is 14.9 Å². The first kappa shape index (κ1) is 25.2. The number of nitro benzene ring substituents is 1. The van der Waals surface area contributed by atoms with Gasteiger partial charge >= 0.3 is 0 Å². The molecule has 1 fully saturated rings. The molecule has 9 nitrogen and oxygen atoms in total. The number of morpholine rings is 1. The van der Waals surface area contributed by atoms with Gasteiger partial charge in [0, 0.05) is 36.8 Å². The van der Waals surface area contributed by atoms with Gasteiger partial charge < -0.3 is 19.5 Å². The number of ketones is 1. The molecule has 188 valence electrons. The maximum atomic E-state index is 12.8. The molecule has 0 aliphatic carbocycles. The Hall–Kier alpha value is -3.95. The van der Waals surface area contributed by atoms with Gasteiger partial charge in [-0.2, -0.15) is 0 Å². The average Bonchev–Trinajstić information content (AvgIpc) is 2.93. The normalized spacial score (nSPS) is 14.6. The number of nitro groups is 1. The zero-order valence-corrected chi connectivity index (χ0v) is 20.3. The molecule has 0 spiro atoms. The minimum atomic E-state index is -0.468. The van der Waals surface area contributed by atoms with Crippen molar-refractivity contribution in [1.82, 2.24) is 4.90 Å². The highest BCUT2D eigenvalue weighted by atomic mass is 16.6. The fourth-order valence-electron chi connectivity index (χ4n) is 4.34. The number of hydrogen-bond donors (Lipinski definition) is 1. The number of rotatable bonds is 10. The molecule has 1 atom stereocenters. The van der Waals surface area contributed by atoms with E-state index in [1.807, 2.05) is 24.3 Å². The van der Waals surface area contributed by atoms with Gasteiger partial charge in [0.1, 0.15) is 5.69 Å². The van der Waals surface area contributed by atoms with Crippen LogP contribution >= 0.6 is 0 Å². The van der Waals surface area contributed by atoms with E-state index in [0.717, 1.165) is 18.7 Å². The van der Waals surface area contributed by atoms with Gasteiger partial charge in [-0.05, 0) is 29.8 Å². The third kappa shape index (κ3) is 5.64. The molecular formula is C27H29N3O6. The lowest BCUT2D eigenvalue weighted by molar-refractivity contribution is -0.384. The second kappa shape index (κ2) is 11.7. The van der Waals surface area contributed by atoms with E-state index in [2.05, 4.69) is 10.2 Å². The Morgan fingerprint density at radius 2 is 1.72 bits per heavy atom. The molecule has 1 aliphatic heterocycles. The van der Waals surface area contributed by atoms with Gasteiger partial charge in [0.05, 0.1) is 38.4 Å². The van der Waals surface area contributed by atoms with Gasteiger partial charge in [0.25, 0.3) is 5.69 Å². The van der Waals surface area contributed by atoms with Crippen molar-refractivity contribution >= 4 is 17.2 Å². The van der Waals surface area contributed by atoms with Gasteiger partial charge in [0.15, 0.2) is 17.3 Å². The maximum Gasteiger partial charge on any atom is 0.293 e. The number of anilines is 1. The zero-order chi connectivity index (χ0) is 25.5. The van der Waals surface area contributed by atoms with Crippen LogP contribution in [0.2, 0.25) is 0 Å². The predicted octanol–water partition coefficient (Wildman–Crippen LogP) is 4.33. The minimum absolute atomic E-state index is 0.0982. The zero-order valence-electron chi connectivity index (χ0n) is 20.3. The number of carbonyl (C=O) groups is 1. The topological polar surface area (TPSA) is 103 Å². The average molecular weight is 492 g/mol. The summed E-state index contributed by atoms with van der Waals surface area (Å²) in [6, 6.07) is 18.9. The van der Waals surface area contributed by atoms with Gasteiger partial charge in [-0.3, -0.25) is 19.8 Å². The summed E-state index contributed by atoms with van der Waals surface area (Å²) in [4.78, 5) is 26.5. The van der Waals surface area contributed by atoms with Crippen LogP contribution in [0.5, 0.6) is 11.5 Å². The Labute approximate surface area is 209 Å². The Morgan fingerprint density at radius 1 is 1.00 bits per heavy atom. The third-order valence-electron chi connectivity index (χ3n) is 6.26. The molecule has 1 saturated heterocycles. The van der Waals surface area contributed by atoms with Crippen LogP contribution in [0.25, 0.3) is 0 Å². The number of carbonyl (C=O) groups excluding carboxylic acids is 1. The van der Waals surface area contributed by atoms with Gasteiger partial charge in [-0.1, -0.05) is 36.4 Å². The highest BCUT2D eigenvalue weighted by Crippen LogP contribution is 2.33. The standard InChI is InChI=1S/C27H29N3O6/c1-34-25-11-9-20(17-26(25)35-2)24(29-12-14-36-15-13-29)18-28-22-10-8-21(16-23(22)30(32)33)27(31)19-6-4-3-5-7-19/h3-11,16-17,24,28H,12-15,18H2,1-2H3/t24-/m1/s1. The molecule has 1 heterocycles. The first-order chi connectivity index (χ1) is 17.5. The van der Waals surface area contributed by atoms with Gasteiger partial charge in [-0.25, -0.2) is 0 Å². The van der Waals surface area contributed by atoms with E-state index >= 15 is 0 Å². The molecule has 0 saturated carbocycles. The van der Waals surface area contributed by atoms with Crippen molar-refractivity contribution in [2.24, 2.45) is 0 Å². The van der Waals surface area contributed by atoms with E-state index < -0.39 is 4.92 Å². The summed E-state index contributed by atoms with van der Waals surface area (Å²) in [5, 5.41) is 15.2. The highest BCUT2D eigenvalue weighted by Gasteiger charge is 2.25. The number of nitrogens with zero attached hydrogens (tertiary/aromatic N) is 2. The molecule has 3 aromatic rings. The molecule has 0 bridgehead atoms. The number of hydrogen-bond acceptors (Lipinski definition) is 8. The lowest BCUT2D eigenvalue weighted by Gasteiger charge is -2.35. The van der Waals surface area contributed by atoms with Crippen LogP contribution in [0.1, 0.15) is 27.5 Å². The van der Waals surface area contributed by atoms with Crippen molar-refractivity contribution < 1.29 is 23.9 Å². The molecule has 4 rings (SSSR count). The molecule has 0 aromatic heterocycles. The Bertz CT molecular complexity index is 1210. The molecule has 1 aliphatic rings. The van der Waals surface area contributed by atoms with E-state index in [0.29, 0.717) is 42.5 Å². The van der Waals surface area contributed by atoms with Crippen molar-refractivity contribution in [3.63, 3.8) is 0 Å². The van der Waals surface area contributed by atoms with Crippen molar-refractivity contribution in [3.05, 3.63) is 93.5 Å². The molecule has 0 unspecified atom stereocenters. The van der Waals surface area contributed by atoms with E-state index in [1.165, 1.54) is 6.07 Å². The molecule has 0 amide bonds. The van der Waals surface area contributed by atoms with E-state index in [-0.39, 0.29) is 23.1 Å². The second-order valence-corrected chi connectivity index (χ2v) is 8.34. The monoisotopic (exact) mass is 491 g/mol. The summed E-state index contributed by atoms with van der Waals surface area (Å²) in [5.41, 5.74) is 1.94. The van der Waals surface area contributed by atoms with Gasteiger partial charge in [0.2, 0.25) is 0 Å². The molecule has 3 aromatic carbocycles. The first-order valence-electron chi connectivity index (χ1n) is 11.7. The van der Waals surface area contributed by atoms with Gasteiger partial charge in [-0.15, -0.1) is 0 Å². The largest absolute Gasteiger partial charge is 0.493 e. The molecule has 36 heavy (non-hydrogen) atoms. The SMILES string of the molecule is COc1ccc([C@@H](CNc2ccc(C(=O)c3ccccc3)cc2[N+](=O)[O-])N2CCOCC2)cc1OC. The molecule has 0 radical (unpaired) electrons. The molecule has 9 heteroatoms. The number of benzene rings is 3. The number of methoxy groups -OCH3 is 2. The Kier molecular flexibility index (Phi) is 8.14. The van der Waals surface area contributed by atoms with Crippen molar-refractivity contribution in [3.8, 4) is 11.5 Å². The van der Waals surface area contributed by atoms with Crippen LogP contribution in [-0.4, -0.2) is 62.7 Å². The summed E-state index contributed by atoms with van der Waals surface area (Å²) in [6.07, 6.45) is 0. The first-order valence-corrected chi connectivity index (χ1v) is 11.7. The Morgan fingerprint density at radius 3 is 2.39 bits per heavy atom. The summed E-state index contributed by atoms with van der Waals surface area (Å²) in [5.74, 6) is 0.981. The van der Waals surface area contributed by atoms with Crippen molar-refractivity contribution in [2.75, 3.05) is 52.4 Å². The maximum absolute atomic E-state index is 12.8. The van der Waals surface area contributed by atoms with Crippen molar-refractivity contribution in [2.45, 2.75) is 6.04 Å². The highest BCUT2D eigenvalue weighted by molar-refractivity contribution is 6.09. The number of ether oxygens (including phenoxy) is 3. The number of nitrogens with one attached hydrogen (secondary N) is 1. The fraction of sp³-hybridized carbons (Fsp3) is 0.296. The van der Waals surface area contributed by atoms with Crippen LogP contribution < -0.4 is 14.8 Å². The summed E-state index contributed by atoms with van der Waals surface area (Å²) in [7, 11) is 3.18. The molecule has 1 N–H and O–H groups in total. The summed E-state index contributed by atoms with van der Waals surface area (Å²) >= 11 is 0. The van der Waals surface area contributed by atoms with Crippen LogP contribution in [0.4, 0.5) is 11.4 Å². The summed E-state index contributed by atoms with van der Waals surface area (Å²) < 4.78 is 16.4. The Balaban J connectivity index is 1.61. The second-order valence-electron chi connectivity index (χ2n) is 8.34. The predicted molar refractivity (Wildman–Crippen MR) is 136 cm³/mol. The van der Waals surface area contributed by atoms with Crippen LogP contribution in [0.3, 0.4) is 0 Å². The third-order valence-corrected chi connectivity index (χ3v) is 6.26. The fourth-order valence-corrected chi connectivity index (χ4v) is 4.34. The van der Waals surface area contributed by atoms with Crippen molar-refractivity contribution in [1.29, 1.82) is 0 Å². The summed E-state index contributed by atoms with van der Waals surface area (Å²) in [6.45, 7) is 3.09. The smallest absolute Gasteiger partial charge is 0.293 e. The van der Waals surface area contributed by atoms with E-state index in [4.69, 9.17) is 14.2 Å². The van der Waals surface area contributed by atoms with Crippen LogP contribution in [0.15, 0.2) is 66.7 Å². The minimum Gasteiger partial charge on any atom is -0.493 e.